The van der Waals surface area contributed by atoms with E-state index in [0.29, 0.717) is 24.2 Å². The van der Waals surface area contributed by atoms with Gasteiger partial charge in [-0.1, -0.05) is 5.16 Å². The Kier molecular flexibility index (Phi) is 4.31. The van der Waals surface area contributed by atoms with Gasteiger partial charge in [0.05, 0.1) is 12.7 Å². The molecule has 0 unspecified atom stereocenters. The van der Waals surface area contributed by atoms with Gasteiger partial charge in [-0.05, 0) is 61.7 Å². The Balaban J connectivity index is 1.35. The first-order valence-corrected chi connectivity index (χ1v) is 8.47. The molecule has 0 aliphatic carbocycles. The highest BCUT2D eigenvalue weighted by Gasteiger charge is 2.23. The van der Waals surface area contributed by atoms with Crippen molar-refractivity contribution in [1.29, 1.82) is 0 Å². The average Bonchev–Trinajstić information content (AvgIpc) is 3.26. The van der Waals surface area contributed by atoms with E-state index >= 15 is 0 Å². The van der Waals surface area contributed by atoms with E-state index in [9.17, 15) is 4.39 Å². The third kappa shape index (κ3) is 3.61. The van der Waals surface area contributed by atoms with Crippen LogP contribution in [0.3, 0.4) is 0 Å². The Morgan fingerprint density at radius 1 is 1.20 bits per heavy atom. The fourth-order valence-electron chi connectivity index (χ4n) is 3.30. The van der Waals surface area contributed by atoms with Gasteiger partial charge >= 0.3 is 0 Å². The number of rotatable bonds is 4. The van der Waals surface area contributed by atoms with Gasteiger partial charge in [0.25, 0.3) is 0 Å². The predicted octanol–water partition coefficient (Wildman–Crippen LogP) is 2.99. The van der Waals surface area contributed by atoms with E-state index in [-0.39, 0.29) is 5.82 Å². The maximum atomic E-state index is 13.0. The van der Waals surface area contributed by atoms with Crippen LogP contribution in [-0.2, 0) is 13.6 Å². The molecule has 0 amide bonds. The molecule has 25 heavy (non-hydrogen) atoms. The van der Waals surface area contributed by atoms with Gasteiger partial charge in [-0.3, -0.25) is 9.58 Å². The number of benzene rings is 1. The second-order valence-electron chi connectivity index (χ2n) is 6.52. The Hall–Kier alpha value is -2.54. The lowest BCUT2D eigenvalue weighted by atomic mass is 9.91. The predicted molar refractivity (Wildman–Crippen MR) is 90.2 cm³/mol. The second-order valence-corrected chi connectivity index (χ2v) is 6.52. The summed E-state index contributed by atoms with van der Waals surface area (Å²) in [6.07, 6.45) is 6.27. The highest BCUT2D eigenvalue weighted by Crippen LogP contribution is 2.28. The number of nitrogens with zero attached hydrogens (tertiary/aromatic N) is 5. The monoisotopic (exact) mass is 341 g/mol. The maximum Gasteiger partial charge on any atom is 0.241 e. The van der Waals surface area contributed by atoms with Crippen molar-refractivity contribution < 1.29 is 8.91 Å². The summed E-state index contributed by atoms with van der Waals surface area (Å²) in [4.78, 5) is 6.76. The summed E-state index contributed by atoms with van der Waals surface area (Å²) in [5, 5.41) is 8.26. The third-order valence-electron chi connectivity index (χ3n) is 4.71. The zero-order chi connectivity index (χ0) is 17.2. The van der Waals surface area contributed by atoms with Crippen LogP contribution in [0.4, 0.5) is 4.39 Å². The lowest BCUT2D eigenvalue weighted by Gasteiger charge is -2.30. The molecule has 3 heterocycles. The van der Waals surface area contributed by atoms with Crippen LogP contribution in [0, 0.1) is 5.82 Å². The highest BCUT2D eigenvalue weighted by molar-refractivity contribution is 5.53. The van der Waals surface area contributed by atoms with Gasteiger partial charge in [-0.2, -0.15) is 10.1 Å². The fourth-order valence-corrected chi connectivity index (χ4v) is 3.30. The van der Waals surface area contributed by atoms with Crippen LogP contribution in [0.2, 0.25) is 0 Å². The van der Waals surface area contributed by atoms with Gasteiger partial charge in [0.2, 0.25) is 11.7 Å². The number of aryl methyl sites for hydroxylation is 1. The van der Waals surface area contributed by atoms with Crippen LogP contribution in [0.15, 0.2) is 41.2 Å². The van der Waals surface area contributed by atoms with Gasteiger partial charge in [0.15, 0.2) is 0 Å². The minimum atomic E-state index is -0.274. The number of hydrogen-bond donors (Lipinski definition) is 0. The topological polar surface area (TPSA) is 60.0 Å². The molecule has 6 nitrogen and oxygen atoms in total. The molecule has 1 fully saturated rings. The average molecular weight is 341 g/mol. The van der Waals surface area contributed by atoms with E-state index in [2.05, 4.69) is 26.3 Å². The fraction of sp³-hybridized carbons (Fsp3) is 0.389. The van der Waals surface area contributed by atoms with Crippen LogP contribution in [0.1, 0.15) is 30.2 Å². The van der Waals surface area contributed by atoms with Crippen LogP contribution >= 0.6 is 0 Å². The number of likely N-dealkylation sites (tertiary alicyclic amines) is 1. The number of hydrogen-bond acceptors (Lipinski definition) is 5. The molecule has 2 aromatic heterocycles. The van der Waals surface area contributed by atoms with E-state index in [0.717, 1.165) is 31.5 Å². The molecule has 1 aromatic carbocycles. The summed E-state index contributed by atoms with van der Waals surface area (Å²) in [5.74, 6) is 1.39. The lowest BCUT2D eigenvalue weighted by Crippen LogP contribution is -2.32. The molecule has 130 valence electrons. The van der Waals surface area contributed by atoms with Crippen LogP contribution in [0.25, 0.3) is 11.4 Å². The largest absolute Gasteiger partial charge is 0.338 e. The summed E-state index contributed by atoms with van der Waals surface area (Å²) < 4.78 is 20.2. The Bertz CT molecular complexity index is 833. The minimum absolute atomic E-state index is 0.274. The van der Waals surface area contributed by atoms with Crippen molar-refractivity contribution in [3.63, 3.8) is 0 Å². The summed E-state index contributed by atoms with van der Waals surface area (Å²) in [6, 6.07) is 6.11. The zero-order valence-corrected chi connectivity index (χ0v) is 14.1. The molecule has 1 aliphatic rings. The molecule has 1 aliphatic heterocycles. The van der Waals surface area contributed by atoms with E-state index in [1.54, 1.807) is 12.1 Å². The van der Waals surface area contributed by atoms with Crippen LogP contribution in [-0.4, -0.2) is 37.9 Å². The van der Waals surface area contributed by atoms with Gasteiger partial charge in [0.1, 0.15) is 5.82 Å². The van der Waals surface area contributed by atoms with Crippen molar-refractivity contribution in [3.05, 3.63) is 53.9 Å². The smallest absolute Gasteiger partial charge is 0.241 e. The molecule has 0 atom stereocenters. The summed E-state index contributed by atoms with van der Waals surface area (Å²) in [5.41, 5.74) is 2.07. The lowest BCUT2D eigenvalue weighted by molar-refractivity contribution is 0.181. The summed E-state index contributed by atoms with van der Waals surface area (Å²) in [7, 11) is 1.95. The summed E-state index contributed by atoms with van der Waals surface area (Å²) >= 11 is 0. The van der Waals surface area contributed by atoms with E-state index < -0.39 is 0 Å². The Morgan fingerprint density at radius 3 is 2.64 bits per heavy atom. The molecule has 3 aromatic rings. The number of halogens is 1. The van der Waals surface area contributed by atoms with Gasteiger partial charge in [0, 0.05) is 18.8 Å². The van der Waals surface area contributed by atoms with E-state index in [4.69, 9.17) is 4.52 Å². The molecule has 0 saturated carbocycles. The first-order valence-electron chi connectivity index (χ1n) is 8.47. The van der Waals surface area contributed by atoms with Crippen LogP contribution in [0.5, 0.6) is 0 Å². The van der Waals surface area contributed by atoms with Crippen molar-refractivity contribution >= 4 is 0 Å². The number of piperidine rings is 1. The molecule has 1 saturated heterocycles. The number of aromatic nitrogens is 4. The normalized spacial score (nSPS) is 16.4. The van der Waals surface area contributed by atoms with Crippen molar-refractivity contribution in [1.82, 2.24) is 24.8 Å². The third-order valence-corrected chi connectivity index (χ3v) is 4.71. The molecular weight excluding hydrogens is 321 g/mol. The molecule has 0 radical (unpaired) electrons. The molecule has 4 rings (SSSR count). The Labute approximate surface area is 145 Å². The Morgan fingerprint density at radius 2 is 1.96 bits per heavy atom. The molecule has 0 N–H and O–H groups in total. The van der Waals surface area contributed by atoms with Crippen LogP contribution < -0.4 is 0 Å². The first kappa shape index (κ1) is 16.0. The molecule has 0 spiro atoms. The van der Waals surface area contributed by atoms with Crippen molar-refractivity contribution in [2.45, 2.75) is 25.3 Å². The van der Waals surface area contributed by atoms with E-state index in [1.165, 1.54) is 17.7 Å². The van der Waals surface area contributed by atoms with E-state index in [1.807, 2.05) is 17.9 Å². The van der Waals surface area contributed by atoms with Crippen molar-refractivity contribution in [3.8, 4) is 11.4 Å². The van der Waals surface area contributed by atoms with Gasteiger partial charge in [-0.25, -0.2) is 4.39 Å². The van der Waals surface area contributed by atoms with Gasteiger partial charge < -0.3 is 4.52 Å². The first-order chi connectivity index (χ1) is 12.2. The molecule has 0 bridgehead atoms. The second kappa shape index (κ2) is 6.76. The molecule has 7 heteroatoms. The van der Waals surface area contributed by atoms with Crippen molar-refractivity contribution in [2.24, 2.45) is 7.05 Å². The summed E-state index contributed by atoms with van der Waals surface area (Å²) in [6.45, 7) is 2.63. The highest BCUT2D eigenvalue weighted by atomic mass is 19.1. The minimum Gasteiger partial charge on any atom is -0.338 e. The quantitative estimate of drug-likeness (QED) is 0.730. The van der Waals surface area contributed by atoms with Gasteiger partial charge in [-0.15, -0.1) is 0 Å². The SMILES string of the molecule is Cn1cc(C2CCN(Cc3nc(-c4ccc(F)cc4)no3)CC2)cn1. The maximum absolute atomic E-state index is 13.0. The molecular formula is C18H20FN5O. The standard InChI is InChI=1S/C18H20FN5O/c1-23-11-15(10-20-23)13-6-8-24(9-7-13)12-17-21-18(22-25-17)14-2-4-16(19)5-3-14/h2-5,10-11,13H,6-9,12H2,1H3. The zero-order valence-electron chi connectivity index (χ0n) is 14.1. The van der Waals surface area contributed by atoms with Crippen molar-refractivity contribution in [2.75, 3.05) is 13.1 Å².